The number of amides is 4. The highest BCUT2D eigenvalue weighted by Crippen LogP contribution is 2.31. The topological polar surface area (TPSA) is 163 Å². The maximum absolute atomic E-state index is 12.8. The van der Waals surface area contributed by atoms with Crippen molar-refractivity contribution in [2.45, 2.75) is 103 Å². The lowest BCUT2D eigenvalue weighted by molar-refractivity contribution is -0.125. The zero-order valence-electron chi connectivity index (χ0n) is 30.4. The highest BCUT2D eigenvalue weighted by atomic mass is 16.3. The van der Waals surface area contributed by atoms with Crippen LogP contribution in [0.2, 0.25) is 0 Å². The van der Waals surface area contributed by atoms with Crippen LogP contribution in [0.25, 0.3) is 0 Å². The van der Waals surface area contributed by atoms with Crippen molar-refractivity contribution in [1.82, 2.24) is 10.6 Å². The van der Waals surface area contributed by atoms with Gasteiger partial charge < -0.3 is 41.3 Å². The van der Waals surface area contributed by atoms with Crippen molar-refractivity contribution in [3.63, 3.8) is 0 Å². The molecule has 0 aromatic heterocycles. The molecular weight excluding hydrogens is 636 g/mol. The monoisotopic (exact) mass is 692 g/mol. The summed E-state index contributed by atoms with van der Waals surface area (Å²) in [6, 6.07) is 9.86. The minimum Gasteiger partial charge on any atom is -0.394 e. The van der Waals surface area contributed by atoms with Crippen LogP contribution in [0.3, 0.4) is 0 Å². The fraction of sp³-hybridized carbons (Fsp3) is 0.579. The molecule has 0 spiro atoms. The Balaban J connectivity index is 1.23. The molecule has 2 aliphatic heterocycles. The first kappa shape index (κ1) is 38.6. The molecule has 2 aromatic rings. The van der Waals surface area contributed by atoms with E-state index in [0.29, 0.717) is 49.9 Å². The van der Waals surface area contributed by atoms with Crippen molar-refractivity contribution in [1.29, 1.82) is 0 Å². The van der Waals surface area contributed by atoms with Crippen LogP contribution in [0.4, 0.5) is 22.7 Å². The summed E-state index contributed by atoms with van der Waals surface area (Å²) >= 11 is 0. The van der Waals surface area contributed by atoms with Gasteiger partial charge in [-0.1, -0.05) is 40.5 Å². The van der Waals surface area contributed by atoms with E-state index in [0.717, 1.165) is 35.3 Å². The highest BCUT2D eigenvalue weighted by Gasteiger charge is 2.33. The number of unbranched alkanes of at least 4 members (excludes halogenated alkanes) is 3. The molecule has 0 saturated carbocycles. The SMILES string of the molecule is CC(C)[C@H]1C(=O)N[C@H](CO)Cc2cc(NC(=O)CCCCCCC(=O)Nc3ccc4c(c3)C[C@H](CO)NC(=O)[C@@H](C(C)C)N4C)ccc2N1C. The average molecular weight is 693 g/mol. The number of carbonyl (C=O) groups is 4. The second-order valence-corrected chi connectivity index (χ2v) is 14.5. The third kappa shape index (κ3) is 9.75. The van der Waals surface area contributed by atoms with E-state index in [9.17, 15) is 29.4 Å². The maximum Gasteiger partial charge on any atom is 0.243 e. The Morgan fingerprint density at radius 3 is 1.42 bits per heavy atom. The van der Waals surface area contributed by atoms with Crippen molar-refractivity contribution in [3.8, 4) is 0 Å². The summed E-state index contributed by atoms with van der Waals surface area (Å²) in [5, 5.41) is 31.7. The van der Waals surface area contributed by atoms with Gasteiger partial charge in [0.1, 0.15) is 12.1 Å². The van der Waals surface area contributed by atoms with E-state index in [4.69, 9.17) is 0 Å². The molecule has 12 heteroatoms. The molecule has 50 heavy (non-hydrogen) atoms. The number of rotatable bonds is 13. The predicted molar refractivity (Wildman–Crippen MR) is 197 cm³/mol. The first-order valence-electron chi connectivity index (χ1n) is 18.0. The van der Waals surface area contributed by atoms with Crippen LogP contribution in [-0.4, -0.2) is 85.3 Å². The van der Waals surface area contributed by atoms with Crippen LogP contribution in [0.5, 0.6) is 0 Å². The lowest BCUT2D eigenvalue weighted by Gasteiger charge is -2.37. The molecule has 0 saturated heterocycles. The molecule has 0 bridgehead atoms. The van der Waals surface area contributed by atoms with Crippen LogP contribution in [0, 0.1) is 11.8 Å². The van der Waals surface area contributed by atoms with E-state index in [1.54, 1.807) is 0 Å². The van der Waals surface area contributed by atoms with Gasteiger partial charge in [0.25, 0.3) is 0 Å². The molecule has 0 unspecified atom stereocenters. The molecule has 0 aliphatic carbocycles. The van der Waals surface area contributed by atoms with E-state index in [1.165, 1.54) is 0 Å². The summed E-state index contributed by atoms with van der Waals surface area (Å²) in [6.45, 7) is 7.65. The van der Waals surface area contributed by atoms with E-state index in [-0.39, 0.29) is 60.8 Å². The van der Waals surface area contributed by atoms with Crippen molar-refractivity contribution in [2.24, 2.45) is 11.8 Å². The number of aliphatic hydroxyl groups excluding tert-OH is 2. The van der Waals surface area contributed by atoms with Gasteiger partial charge in [-0.3, -0.25) is 19.2 Å². The normalized spacial score (nSPS) is 20.9. The summed E-state index contributed by atoms with van der Waals surface area (Å²) in [5.41, 5.74) is 5.08. The molecule has 0 fully saturated rings. The summed E-state index contributed by atoms with van der Waals surface area (Å²) in [5.74, 6) is -0.236. The molecule has 4 amide bonds. The smallest absolute Gasteiger partial charge is 0.243 e. The van der Waals surface area contributed by atoms with Gasteiger partial charge in [-0.05, 0) is 85.0 Å². The number of carbonyl (C=O) groups excluding carboxylic acids is 4. The molecule has 4 atom stereocenters. The van der Waals surface area contributed by atoms with Crippen molar-refractivity contribution >= 4 is 46.4 Å². The van der Waals surface area contributed by atoms with Crippen molar-refractivity contribution < 1.29 is 29.4 Å². The van der Waals surface area contributed by atoms with E-state index < -0.39 is 12.1 Å². The summed E-state index contributed by atoms with van der Waals surface area (Å²) in [6.07, 6.45) is 4.69. The fourth-order valence-corrected chi connectivity index (χ4v) is 7.29. The van der Waals surface area contributed by atoms with Gasteiger partial charge in [-0.15, -0.1) is 0 Å². The van der Waals surface area contributed by atoms with Gasteiger partial charge in [-0.25, -0.2) is 0 Å². The third-order valence-electron chi connectivity index (χ3n) is 9.75. The average Bonchev–Trinajstić information content (AvgIpc) is 3.04. The Labute approximate surface area is 296 Å². The number of likely N-dealkylation sites (N-methyl/N-ethyl adjacent to an activating group) is 2. The Kier molecular flexibility index (Phi) is 13.7. The van der Waals surface area contributed by atoms with Crippen molar-refractivity contribution in [3.05, 3.63) is 47.5 Å². The molecule has 2 aromatic carbocycles. The van der Waals surface area contributed by atoms with Crippen LogP contribution in [0.15, 0.2) is 36.4 Å². The van der Waals surface area contributed by atoms with Gasteiger partial charge in [0.15, 0.2) is 0 Å². The summed E-state index contributed by atoms with van der Waals surface area (Å²) in [7, 11) is 3.80. The van der Waals surface area contributed by atoms with Gasteiger partial charge in [-0.2, -0.15) is 0 Å². The fourth-order valence-electron chi connectivity index (χ4n) is 7.29. The number of anilines is 4. The van der Waals surface area contributed by atoms with E-state index in [2.05, 4.69) is 21.3 Å². The first-order valence-corrected chi connectivity index (χ1v) is 18.0. The lowest BCUT2D eigenvalue weighted by atomic mass is 9.95. The second-order valence-electron chi connectivity index (χ2n) is 14.5. The van der Waals surface area contributed by atoms with Crippen molar-refractivity contribution in [2.75, 3.05) is 47.7 Å². The second kappa shape index (κ2) is 17.7. The quantitative estimate of drug-likeness (QED) is 0.174. The number of aliphatic hydroxyl groups is 2. The highest BCUT2D eigenvalue weighted by molar-refractivity contribution is 5.93. The van der Waals surface area contributed by atoms with Gasteiger partial charge >= 0.3 is 0 Å². The van der Waals surface area contributed by atoms with E-state index >= 15 is 0 Å². The number of hydrogen-bond acceptors (Lipinski definition) is 8. The van der Waals surface area contributed by atoms with Crippen LogP contribution in [-0.2, 0) is 32.0 Å². The van der Waals surface area contributed by atoms with Gasteiger partial charge in [0, 0.05) is 49.7 Å². The van der Waals surface area contributed by atoms with Crippen LogP contribution in [0.1, 0.15) is 77.3 Å². The summed E-state index contributed by atoms with van der Waals surface area (Å²) in [4.78, 5) is 55.2. The van der Waals surface area contributed by atoms with Gasteiger partial charge in [0.2, 0.25) is 23.6 Å². The molecule has 4 rings (SSSR count). The Morgan fingerprint density at radius 1 is 0.700 bits per heavy atom. The van der Waals surface area contributed by atoms with Crippen LogP contribution >= 0.6 is 0 Å². The minimum absolute atomic E-state index is 0.0668. The van der Waals surface area contributed by atoms with Crippen LogP contribution < -0.4 is 31.1 Å². The number of fused-ring (bicyclic) bond motifs is 2. The number of nitrogens with zero attached hydrogens (tertiary/aromatic N) is 2. The zero-order chi connectivity index (χ0) is 36.5. The molecule has 12 nitrogen and oxygen atoms in total. The number of nitrogens with one attached hydrogen (secondary N) is 4. The van der Waals surface area contributed by atoms with Gasteiger partial charge in [0.05, 0.1) is 25.3 Å². The molecule has 274 valence electrons. The molecule has 0 radical (unpaired) electrons. The Bertz CT molecular complexity index is 1400. The Hall–Kier alpha value is -4.16. The number of hydrogen-bond donors (Lipinski definition) is 6. The summed E-state index contributed by atoms with van der Waals surface area (Å²) < 4.78 is 0. The first-order chi connectivity index (χ1) is 23.8. The molecule has 2 heterocycles. The minimum atomic E-state index is -0.401. The maximum atomic E-state index is 12.8. The lowest BCUT2D eigenvalue weighted by Crippen LogP contribution is -2.54. The number of benzene rings is 2. The van der Waals surface area contributed by atoms with E-state index in [1.807, 2.05) is 88.0 Å². The molecule has 2 aliphatic rings. The standard InChI is InChI=1S/C38H56N6O6/c1-23(2)35-37(49)41-29(21-45)19-25-17-27(13-15-31(25)43(35)5)39-33(47)11-9-7-8-10-12-34(48)40-28-14-16-32-26(18-28)20-30(22-46)42-38(50)36(24(3)4)44(32)6/h13-18,23-24,29-30,35-36,45-46H,7-12,19-22H2,1-6H3,(H,39,47)(H,40,48)(H,41,49)(H,42,50)/t29-,30+,35-,36+. The third-order valence-corrected chi connectivity index (χ3v) is 9.75. The Morgan fingerprint density at radius 2 is 1.08 bits per heavy atom. The largest absolute Gasteiger partial charge is 0.394 e. The molecular formula is C38H56N6O6. The molecule has 6 N–H and O–H groups in total. The zero-order valence-corrected chi connectivity index (χ0v) is 30.4. The predicted octanol–water partition coefficient (Wildman–Crippen LogP) is 3.59.